The quantitative estimate of drug-likeness (QED) is 0.151. The zero-order chi connectivity index (χ0) is 27.0. The normalized spacial score (nSPS) is 11.1. The Balaban J connectivity index is 1.33. The van der Waals surface area contributed by atoms with Crippen molar-refractivity contribution in [3.05, 3.63) is 77.9 Å². The Bertz CT molecular complexity index is 1420. The lowest BCUT2D eigenvalue weighted by molar-refractivity contribution is 0.102. The van der Waals surface area contributed by atoms with Crippen LogP contribution in [0.25, 0.3) is 20.4 Å². The second-order valence-electron chi connectivity index (χ2n) is 9.24. The van der Waals surface area contributed by atoms with Gasteiger partial charge < -0.3 is 4.74 Å². The molecule has 0 atom stereocenters. The molecule has 2 amide bonds. The van der Waals surface area contributed by atoms with Crippen molar-refractivity contribution in [3.8, 4) is 5.75 Å². The molecular formula is C30H30N4O3S2. The summed E-state index contributed by atoms with van der Waals surface area (Å²) in [6, 6.07) is 20.4. The second-order valence-corrected chi connectivity index (χ2v) is 11.3. The van der Waals surface area contributed by atoms with Gasteiger partial charge in [0, 0.05) is 11.1 Å². The summed E-state index contributed by atoms with van der Waals surface area (Å²) in [6.45, 7) is 2.72. The topological polar surface area (TPSA) is 93.2 Å². The van der Waals surface area contributed by atoms with E-state index in [9.17, 15) is 9.59 Å². The van der Waals surface area contributed by atoms with E-state index in [0.29, 0.717) is 33.7 Å². The Kier molecular flexibility index (Phi) is 8.80. The van der Waals surface area contributed by atoms with Gasteiger partial charge in [-0.3, -0.25) is 20.2 Å². The van der Waals surface area contributed by atoms with Crippen LogP contribution in [-0.2, 0) is 0 Å². The Hall–Kier alpha value is -3.82. The van der Waals surface area contributed by atoms with E-state index in [0.717, 1.165) is 33.3 Å². The highest BCUT2D eigenvalue weighted by molar-refractivity contribution is 7.22. The average molecular weight is 559 g/mol. The van der Waals surface area contributed by atoms with E-state index < -0.39 is 0 Å². The van der Waals surface area contributed by atoms with Gasteiger partial charge in [-0.2, -0.15) is 0 Å². The van der Waals surface area contributed by atoms with Crippen LogP contribution in [0.5, 0.6) is 5.75 Å². The van der Waals surface area contributed by atoms with E-state index in [1.54, 1.807) is 18.2 Å². The molecule has 3 aromatic carbocycles. The van der Waals surface area contributed by atoms with Crippen LogP contribution < -0.4 is 15.4 Å². The number of ether oxygens (including phenoxy) is 1. The first-order valence-corrected chi connectivity index (χ1v) is 14.8. The Labute approximate surface area is 235 Å². The number of nitrogens with one attached hydrogen (secondary N) is 2. The number of carbonyl (C=O) groups is 2. The van der Waals surface area contributed by atoms with Gasteiger partial charge in [0.15, 0.2) is 10.3 Å². The fourth-order valence-corrected chi connectivity index (χ4v) is 5.93. The van der Waals surface area contributed by atoms with Crippen molar-refractivity contribution in [3.63, 3.8) is 0 Å². The van der Waals surface area contributed by atoms with Crippen molar-refractivity contribution in [2.24, 2.45) is 0 Å². The number of amides is 2. The summed E-state index contributed by atoms with van der Waals surface area (Å²) in [7, 11) is 0. The highest BCUT2D eigenvalue weighted by Crippen LogP contribution is 2.28. The molecule has 7 nitrogen and oxygen atoms in total. The standard InChI is InChI=1S/C30H30N4O3S2/c1-2-3-4-5-6-11-16-37-22-18-20(27(35)33-29-31-23-12-7-9-14-25(23)38-29)17-21(19-22)28(36)34-30-32-24-13-8-10-15-26(24)39-30/h7-10,12-15,17-19H,2-6,11,16H2,1H3,(H,31,33,35)(H,32,34,36). The lowest BCUT2D eigenvalue weighted by Gasteiger charge is -2.11. The first kappa shape index (κ1) is 26.8. The predicted octanol–water partition coefficient (Wildman–Crippen LogP) is 8.15. The maximum absolute atomic E-state index is 13.2. The number of benzene rings is 3. The Morgan fingerprint density at radius 1 is 0.718 bits per heavy atom. The number of unbranched alkanes of at least 4 members (excludes halogenated alkanes) is 5. The number of anilines is 2. The van der Waals surface area contributed by atoms with Crippen molar-refractivity contribution in [1.82, 2.24) is 9.97 Å². The number of thiazole rings is 2. The van der Waals surface area contributed by atoms with Crippen molar-refractivity contribution in [2.45, 2.75) is 45.4 Å². The van der Waals surface area contributed by atoms with Crippen LogP contribution in [0.4, 0.5) is 10.3 Å². The SMILES string of the molecule is CCCCCCCCOc1cc(C(=O)Nc2nc3ccccc3s2)cc(C(=O)Nc2nc3ccccc3s2)c1. The number of hydrogen-bond donors (Lipinski definition) is 2. The average Bonchev–Trinajstić information content (AvgIpc) is 3.55. The van der Waals surface area contributed by atoms with Gasteiger partial charge in [-0.15, -0.1) is 0 Å². The zero-order valence-corrected chi connectivity index (χ0v) is 23.4. The summed E-state index contributed by atoms with van der Waals surface area (Å²) in [4.78, 5) is 35.4. The van der Waals surface area contributed by atoms with Crippen LogP contribution in [0.1, 0.15) is 66.2 Å². The van der Waals surface area contributed by atoms with Gasteiger partial charge >= 0.3 is 0 Å². The van der Waals surface area contributed by atoms with Crippen molar-refractivity contribution >= 4 is 65.2 Å². The molecule has 9 heteroatoms. The van der Waals surface area contributed by atoms with E-state index in [1.807, 2.05) is 48.5 Å². The van der Waals surface area contributed by atoms with Crippen molar-refractivity contribution < 1.29 is 14.3 Å². The van der Waals surface area contributed by atoms with Gasteiger partial charge in [-0.25, -0.2) is 9.97 Å². The van der Waals surface area contributed by atoms with Gasteiger partial charge in [-0.1, -0.05) is 86.0 Å². The van der Waals surface area contributed by atoms with Crippen molar-refractivity contribution in [1.29, 1.82) is 0 Å². The minimum absolute atomic E-state index is 0.323. The number of fused-ring (bicyclic) bond motifs is 2. The molecule has 5 rings (SSSR count). The molecule has 0 aliphatic carbocycles. The number of aromatic nitrogens is 2. The first-order valence-electron chi connectivity index (χ1n) is 13.2. The fraction of sp³-hybridized carbons (Fsp3) is 0.267. The molecule has 2 N–H and O–H groups in total. The lowest BCUT2D eigenvalue weighted by Crippen LogP contribution is -2.16. The molecule has 0 radical (unpaired) electrons. The molecule has 0 bridgehead atoms. The fourth-order valence-electron chi connectivity index (χ4n) is 4.21. The maximum atomic E-state index is 13.2. The summed E-state index contributed by atoms with van der Waals surface area (Å²) < 4.78 is 7.98. The monoisotopic (exact) mass is 558 g/mol. The lowest BCUT2D eigenvalue weighted by atomic mass is 10.1. The third-order valence-electron chi connectivity index (χ3n) is 6.23. The molecule has 0 aliphatic rings. The molecular weight excluding hydrogens is 528 g/mol. The number of para-hydroxylation sites is 2. The van der Waals surface area contributed by atoms with Gasteiger partial charge in [0.25, 0.3) is 11.8 Å². The number of rotatable bonds is 12. The van der Waals surface area contributed by atoms with E-state index in [4.69, 9.17) is 4.74 Å². The van der Waals surface area contributed by atoms with Crippen LogP contribution in [0.3, 0.4) is 0 Å². The molecule has 200 valence electrons. The largest absolute Gasteiger partial charge is 0.494 e. The van der Waals surface area contributed by atoms with Gasteiger partial charge in [0.2, 0.25) is 0 Å². The molecule has 0 fully saturated rings. The molecule has 0 spiro atoms. The summed E-state index contributed by atoms with van der Waals surface area (Å²) in [6.07, 6.45) is 6.87. The van der Waals surface area contributed by atoms with Gasteiger partial charge in [0.1, 0.15) is 5.75 Å². The first-order chi connectivity index (χ1) is 19.1. The molecule has 2 heterocycles. The van der Waals surface area contributed by atoms with Crippen LogP contribution in [0.2, 0.25) is 0 Å². The number of hydrogen-bond acceptors (Lipinski definition) is 7. The third-order valence-corrected chi connectivity index (χ3v) is 8.13. The Morgan fingerprint density at radius 2 is 1.23 bits per heavy atom. The molecule has 0 unspecified atom stereocenters. The minimum atomic E-state index is -0.354. The van der Waals surface area contributed by atoms with Crippen LogP contribution >= 0.6 is 22.7 Å². The smallest absolute Gasteiger partial charge is 0.257 e. The second kappa shape index (κ2) is 12.8. The van der Waals surface area contributed by atoms with Gasteiger partial charge in [0.05, 0.1) is 27.0 Å². The maximum Gasteiger partial charge on any atom is 0.257 e. The highest BCUT2D eigenvalue weighted by atomic mass is 32.1. The van der Waals surface area contributed by atoms with E-state index in [-0.39, 0.29) is 11.8 Å². The summed E-state index contributed by atoms with van der Waals surface area (Å²) in [5, 5.41) is 6.75. The summed E-state index contributed by atoms with van der Waals surface area (Å²) in [5.74, 6) is -0.226. The molecule has 0 saturated heterocycles. The van der Waals surface area contributed by atoms with E-state index in [1.165, 1.54) is 48.4 Å². The highest BCUT2D eigenvalue weighted by Gasteiger charge is 2.17. The molecule has 0 aliphatic heterocycles. The minimum Gasteiger partial charge on any atom is -0.494 e. The van der Waals surface area contributed by atoms with Gasteiger partial charge in [-0.05, 0) is 48.9 Å². The summed E-state index contributed by atoms with van der Waals surface area (Å²) in [5.41, 5.74) is 2.29. The molecule has 0 saturated carbocycles. The molecule has 5 aromatic rings. The third kappa shape index (κ3) is 6.99. The van der Waals surface area contributed by atoms with Crippen molar-refractivity contribution in [2.75, 3.05) is 17.2 Å². The molecule has 39 heavy (non-hydrogen) atoms. The van der Waals surface area contributed by atoms with Crippen LogP contribution in [-0.4, -0.2) is 28.4 Å². The molecule has 2 aromatic heterocycles. The van der Waals surface area contributed by atoms with Crippen LogP contribution in [0, 0.1) is 0 Å². The number of carbonyl (C=O) groups excluding carboxylic acids is 2. The number of nitrogens with zero attached hydrogens (tertiary/aromatic N) is 2. The van der Waals surface area contributed by atoms with E-state index >= 15 is 0 Å². The zero-order valence-electron chi connectivity index (χ0n) is 21.7. The Morgan fingerprint density at radius 3 is 1.77 bits per heavy atom. The predicted molar refractivity (Wildman–Crippen MR) is 160 cm³/mol. The van der Waals surface area contributed by atoms with Crippen LogP contribution in [0.15, 0.2) is 66.7 Å². The van der Waals surface area contributed by atoms with E-state index in [2.05, 4.69) is 27.5 Å². The summed E-state index contributed by atoms with van der Waals surface area (Å²) >= 11 is 2.81.